The average Bonchev–Trinajstić information content (AvgIpc) is 3.11. The van der Waals surface area contributed by atoms with E-state index in [1.54, 1.807) is 12.1 Å². The van der Waals surface area contributed by atoms with Gasteiger partial charge in [0, 0.05) is 30.5 Å². The SMILES string of the molecule is CC(=O)NC(C)c1nnc(SCc2ccccc2C)n1-c1ccc([N+](=O)[O-])cc1. The number of aryl methyl sites for hydroxylation is 1. The number of nitro benzene ring substituents is 1. The maximum Gasteiger partial charge on any atom is 0.269 e. The van der Waals surface area contributed by atoms with Crippen LogP contribution in [-0.4, -0.2) is 25.6 Å². The molecule has 9 heteroatoms. The predicted octanol–water partition coefficient (Wildman–Crippen LogP) is 3.97. The molecule has 1 unspecified atom stereocenters. The lowest BCUT2D eigenvalue weighted by Gasteiger charge is -2.15. The van der Waals surface area contributed by atoms with Crippen LogP contribution in [0.2, 0.25) is 0 Å². The van der Waals surface area contributed by atoms with Crippen LogP contribution in [0.4, 0.5) is 5.69 Å². The molecule has 1 heterocycles. The second-order valence-corrected chi connectivity index (χ2v) is 7.53. The van der Waals surface area contributed by atoms with E-state index in [4.69, 9.17) is 0 Å². The van der Waals surface area contributed by atoms with Crippen molar-refractivity contribution >= 4 is 23.4 Å². The van der Waals surface area contributed by atoms with Crippen LogP contribution in [0, 0.1) is 17.0 Å². The van der Waals surface area contributed by atoms with Crippen LogP contribution >= 0.6 is 11.8 Å². The highest BCUT2D eigenvalue weighted by atomic mass is 32.2. The number of rotatable bonds is 7. The van der Waals surface area contributed by atoms with E-state index in [-0.39, 0.29) is 17.6 Å². The Balaban J connectivity index is 1.97. The lowest BCUT2D eigenvalue weighted by atomic mass is 10.1. The molecule has 8 nitrogen and oxygen atoms in total. The Morgan fingerprint density at radius 2 is 1.90 bits per heavy atom. The lowest BCUT2D eigenvalue weighted by molar-refractivity contribution is -0.384. The molecule has 1 atom stereocenters. The van der Waals surface area contributed by atoms with E-state index in [2.05, 4.69) is 34.6 Å². The Morgan fingerprint density at radius 3 is 2.52 bits per heavy atom. The number of nitrogens with zero attached hydrogens (tertiary/aromatic N) is 4. The molecular weight excluding hydrogens is 390 g/mol. The van der Waals surface area contributed by atoms with Gasteiger partial charge in [-0.15, -0.1) is 10.2 Å². The van der Waals surface area contributed by atoms with Crippen LogP contribution in [0.5, 0.6) is 0 Å². The predicted molar refractivity (Wildman–Crippen MR) is 111 cm³/mol. The van der Waals surface area contributed by atoms with Crippen molar-refractivity contribution in [1.82, 2.24) is 20.1 Å². The maximum absolute atomic E-state index is 11.5. The molecule has 0 saturated heterocycles. The fourth-order valence-electron chi connectivity index (χ4n) is 2.91. The van der Waals surface area contributed by atoms with Gasteiger partial charge < -0.3 is 5.32 Å². The van der Waals surface area contributed by atoms with Gasteiger partial charge in [0.05, 0.1) is 11.0 Å². The van der Waals surface area contributed by atoms with Crippen LogP contribution in [-0.2, 0) is 10.5 Å². The number of aromatic nitrogens is 3. The van der Waals surface area contributed by atoms with Crippen molar-refractivity contribution in [3.05, 3.63) is 75.6 Å². The Labute approximate surface area is 172 Å². The van der Waals surface area contributed by atoms with Crippen LogP contribution in [0.1, 0.15) is 36.8 Å². The first-order chi connectivity index (χ1) is 13.9. The Kier molecular flexibility index (Phi) is 6.28. The number of carbonyl (C=O) groups is 1. The van der Waals surface area contributed by atoms with Gasteiger partial charge in [-0.05, 0) is 37.1 Å². The van der Waals surface area contributed by atoms with E-state index in [1.165, 1.54) is 41.9 Å². The molecule has 0 aliphatic carbocycles. The largest absolute Gasteiger partial charge is 0.347 e. The Hall–Kier alpha value is -3.20. The van der Waals surface area contributed by atoms with Gasteiger partial charge in [-0.1, -0.05) is 36.0 Å². The van der Waals surface area contributed by atoms with Gasteiger partial charge in [-0.25, -0.2) is 0 Å². The number of thioether (sulfide) groups is 1. The minimum absolute atomic E-state index is 0.00685. The quantitative estimate of drug-likeness (QED) is 0.358. The topological polar surface area (TPSA) is 103 Å². The van der Waals surface area contributed by atoms with E-state index in [1.807, 2.05) is 23.6 Å². The highest BCUT2D eigenvalue weighted by molar-refractivity contribution is 7.98. The summed E-state index contributed by atoms with van der Waals surface area (Å²) in [7, 11) is 0. The Morgan fingerprint density at radius 1 is 1.21 bits per heavy atom. The van der Waals surface area contributed by atoms with Crippen LogP contribution in [0.25, 0.3) is 5.69 Å². The number of hydrogen-bond acceptors (Lipinski definition) is 6. The number of hydrogen-bond donors (Lipinski definition) is 1. The van der Waals surface area contributed by atoms with Crippen LogP contribution in [0.3, 0.4) is 0 Å². The van der Waals surface area contributed by atoms with Gasteiger partial charge in [0.1, 0.15) is 0 Å². The van der Waals surface area contributed by atoms with Crippen molar-refractivity contribution in [1.29, 1.82) is 0 Å². The molecule has 0 bridgehead atoms. The van der Waals surface area contributed by atoms with Gasteiger partial charge in [0.2, 0.25) is 5.91 Å². The first-order valence-corrected chi connectivity index (χ1v) is 10.00. The van der Waals surface area contributed by atoms with Crippen LogP contribution in [0.15, 0.2) is 53.7 Å². The molecule has 1 N–H and O–H groups in total. The number of non-ortho nitro benzene ring substituents is 1. The minimum atomic E-state index is -0.440. The summed E-state index contributed by atoms with van der Waals surface area (Å²) in [5, 5.41) is 23.0. The highest BCUT2D eigenvalue weighted by Gasteiger charge is 2.21. The molecule has 3 rings (SSSR count). The first-order valence-electron chi connectivity index (χ1n) is 9.01. The molecule has 0 fully saturated rings. The highest BCUT2D eigenvalue weighted by Crippen LogP contribution is 2.29. The van der Waals surface area contributed by atoms with Gasteiger partial charge in [-0.2, -0.15) is 0 Å². The first kappa shape index (κ1) is 20.5. The number of nitro groups is 1. The zero-order valence-corrected chi connectivity index (χ0v) is 17.1. The molecule has 29 heavy (non-hydrogen) atoms. The van der Waals surface area contributed by atoms with Gasteiger partial charge >= 0.3 is 0 Å². The van der Waals surface area contributed by atoms with E-state index in [9.17, 15) is 14.9 Å². The zero-order valence-electron chi connectivity index (χ0n) is 16.3. The van der Waals surface area contributed by atoms with Gasteiger partial charge in [0.25, 0.3) is 5.69 Å². The van der Waals surface area contributed by atoms with Crippen molar-refractivity contribution in [3.8, 4) is 5.69 Å². The summed E-state index contributed by atoms with van der Waals surface area (Å²) in [6.45, 7) is 5.32. The van der Waals surface area contributed by atoms with Gasteiger partial charge in [0.15, 0.2) is 11.0 Å². The van der Waals surface area contributed by atoms with E-state index in [0.717, 1.165) is 0 Å². The normalized spacial score (nSPS) is 11.8. The molecule has 1 amide bonds. The summed E-state index contributed by atoms with van der Waals surface area (Å²) >= 11 is 1.52. The second-order valence-electron chi connectivity index (χ2n) is 6.59. The molecule has 1 aromatic heterocycles. The molecular formula is C20H21N5O3S. The van der Waals surface area contributed by atoms with Gasteiger partial charge in [-0.3, -0.25) is 19.5 Å². The molecule has 0 spiro atoms. The smallest absolute Gasteiger partial charge is 0.269 e. The fourth-order valence-corrected chi connectivity index (χ4v) is 3.94. The van der Waals surface area contributed by atoms with Crippen LogP contribution < -0.4 is 5.32 Å². The third kappa shape index (κ3) is 4.80. The van der Waals surface area contributed by atoms with Crippen molar-refractivity contribution in [2.45, 2.75) is 37.7 Å². The summed E-state index contributed by atoms with van der Waals surface area (Å²) in [5.41, 5.74) is 3.08. The maximum atomic E-state index is 11.5. The third-order valence-electron chi connectivity index (χ3n) is 4.40. The number of nitrogens with one attached hydrogen (secondary N) is 1. The molecule has 0 saturated carbocycles. The number of carbonyl (C=O) groups excluding carboxylic acids is 1. The average molecular weight is 411 g/mol. The Bertz CT molecular complexity index is 1030. The monoisotopic (exact) mass is 411 g/mol. The molecule has 150 valence electrons. The summed E-state index contributed by atoms with van der Waals surface area (Å²) in [4.78, 5) is 22.0. The summed E-state index contributed by atoms with van der Waals surface area (Å²) in [5.74, 6) is 1.08. The summed E-state index contributed by atoms with van der Waals surface area (Å²) in [6.07, 6.45) is 0. The molecule has 0 aliphatic rings. The van der Waals surface area contributed by atoms with Crippen molar-refractivity contribution in [2.75, 3.05) is 0 Å². The molecule has 3 aromatic rings. The summed E-state index contributed by atoms with van der Waals surface area (Å²) in [6, 6.07) is 13.9. The summed E-state index contributed by atoms with van der Waals surface area (Å²) < 4.78 is 1.83. The molecule has 0 aliphatic heterocycles. The standard InChI is InChI=1S/C20H21N5O3S/c1-13-6-4-5-7-16(13)12-29-20-23-22-19(14(2)21-15(3)26)24(20)17-8-10-18(11-9-17)25(27)28/h4-11,14H,12H2,1-3H3,(H,21,26). The molecule has 0 radical (unpaired) electrons. The number of amides is 1. The fraction of sp³-hybridized carbons (Fsp3) is 0.250. The van der Waals surface area contributed by atoms with Crippen molar-refractivity contribution in [3.63, 3.8) is 0 Å². The van der Waals surface area contributed by atoms with Crippen molar-refractivity contribution < 1.29 is 9.72 Å². The molecule has 2 aromatic carbocycles. The van der Waals surface area contributed by atoms with E-state index < -0.39 is 4.92 Å². The lowest BCUT2D eigenvalue weighted by Crippen LogP contribution is -2.26. The number of benzene rings is 2. The van der Waals surface area contributed by atoms with Crippen molar-refractivity contribution in [2.24, 2.45) is 0 Å². The third-order valence-corrected chi connectivity index (χ3v) is 5.38. The van der Waals surface area contributed by atoms with E-state index in [0.29, 0.717) is 22.4 Å². The second kappa shape index (κ2) is 8.87. The zero-order chi connectivity index (χ0) is 21.0. The van der Waals surface area contributed by atoms with E-state index >= 15 is 0 Å². The minimum Gasteiger partial charge on any atom is -0.347 e.